The van der Waals surface area contributed by atoms with Gasteiger partial charge >= 0.3 is 6.18 Å². The van der Waals surface area contributed by atoms with Crippen LogP contribution in [0.25, 0.3) is 16.5 Å². The zero-order chi connectivity index (χ0) is 32.5. The first-order valence-corrected chi connectivity index (χ1v) is 13.6. The number of alkyl halides is 3. The van der Waals surface area contributed by atoms with Gasteiger partial charge in [-0.2, -0.15) is 23.4 Å². The standard InChI is InChI=1S/C32H27F3N8O2/c1-5-16-37-29-26(28(36)40-42(29)4)30(44)39-19(2)24-17-21-11-9-10-20(14-15-22-18-38-41(3)27(22)32(33,34)35)25(21)31(45)43(24)23-12-7-6-8-13-23/h5-13,16-19H,1H2,2-4H3,(H2,36,40)(H,39,44)/b37-16-. The Morgan fingerprint density at radius 2 is 1.80 bits per heavy atom. The lowest BCUT2D eigenvalue weighted by Gasteiger charge is -2.21. The van der Waals surface area contributed by atoms with Gasteiger partial charge in [-0.25, -0.2) is 9.67 Å². The number of carbonyl (C=O) groups is 1. The Labute approximate surface area is 255 Å². The van der Waals surface area contributed by atoms with Crippen molar-refractivity contribution in [1.29, 1.82) is 0 Å². The molecular weight excluding hydrogens is 585 g/mol. The van der Waals surface area contributed by atoms with Gasteiger partial charge in [0, 0.05) is 37.3 Å². The Kier molecular flexibility index (Phi) is 8.15. The van der Waals surface area contributed by atoms with Gasteiger partial charge in [0.25, 0.3) is 11.5 Å². The van der Waals surface area contributed by atoms with E-state index in [2.05, 4.69) is 38.9 Å². The maximum atomic E-state index is 14.2. The Morgan fingerprint density at radius 3 is 2.49 bits per heavy atom. The molecule has 13 heteroatoms. The maximum Gasteiger partial charge on any atom is 0.434 e. The van der Waals surface area contributed by atoms with Crippen molar-refractivity contribution in [2.24, 2.45) is 19.1 Å². The number of pyridine rings is 1. The van der Waals surface area contributed by atoms with Crippen molar-refractivity contribution >= 4 is 34.5 Å². The average molecular weight is 613 g/mol. The number of halogens is 3. The van der Waals surface area contributed by atoms with Crippen LogP contribution in [0.4, 0.5) is 24.8 Å². The van der Waals surface area contributed by atoms with E-state index in [-0.39, 0.29) is 33.7 Å². The molecule has 0 aliphatic rings. The molecule has 1 atom stereocenters. The topological polar surface area (TPSA) is 125 Å². The Bertz CT molecular complexity index is 2090. The van der Waals surface area contributed by atoms with Gasteiger partial charge in [0.2, 0.25) is 0 Å². The highest BCUT2D eigenvalue weighted by Crippen LogP contribution is 2.31. The number of anilines is 1. The third-order valence-electron chi connectivity index (χ3n) is 6.99. The zero-order valence-electron chi connectivity index (χ0n) is 24.4. The summed E-state index contributed by atoms with van der Waals surface area (Å²) in [5.41, 5.74) is 5.49. The predicted octanol–water partition coefficient (Wildman–Crippen LogP) is 4.84. The van der Waals surface area contributed by atoms with E-state index >= 15 is 0 Å². The molecule has 3 heterocycles. The molecule has 0 saturated carbocycles. The van der Waals surface area contributed by atoms with Crippen LogP contribution in [0.3, 0.4) is 0 Å². The third-order valence-corrected chi connectivity index (χ3v) is 6.99. The molecule has 45 heavy (non-hydrogen) atoms. The molecule has 0 fully saturated rings. The SMILES string of the molecule is C=C/C=N\c1c(C(=O)NC(C)c2cc3cccc(C#Cc4cnn(C)c4C(F)(F)F)c3c(=O)n2-c2ccccc2)c(N)nn1C. The highest BCUT2D eigenvalue weighted by atomic mass is 19.4. The smallest absolute Gasteiger partial charge is 0.381 e. The maximum absolute atomic E-state index is 14.2. The number of aliphatic imine (C=N–C) groups is 1. The summed E-state index contributed by atoms with van der Waals surface area (Å²) in [5.74, 6) is 4.94. The van der Waals surface area contributed by atoms with Crippen molar-refractivity contribution in [1.82, 2.24) is 29.4 Å². The van der Waals surface area contributed by atoms with E-state index in [0.717, 1.165) is 6.20 Å². The van der Waals surface area contributed by atoms with E-state index in [1.807, 2.05) is 0 Å². The van der Waals surface area contributed by atoms with Gasteiger partial charge in [0.15, 0.2) is 17.3 Å². The van der Waals surface area contributed by atoms with Gasteiger partial charge in [-0.3, -0.25) is 18.8 Å². The number of benzene rings is 2. The number of aromatic nitrogens is 5. The number of allylic oxidation sites excluding steroid dienone is 1. The lowest BCUT2D eigenvalue weighted by atomic mass is 10.0. The van der Waals surface area contributed by atoms with E-state index in [1.54, 1.807) is 68.6 Å². The molecule has 0 aliphatic carbocycles. The number of carbonyl (C=O) groups excluding carboxylic acids is 1. The molecule has 0 radical (unpaired) electrons. The second-order valence-corrected chi connectivity index (χ2v) is 10.0. The molecule has 10 nitrogen and oxygen atoms in total. The molecule has 0 aliphatic heterocycles. The van der Waals surface area contributed by atoms with Crippen LogP contribution in [0.15, 0.2) is 83.2 Å². The summed E-state index contributed by atoms with van der Waals surface area (Å²) in [5, 5.41) is 11.4. The average Bonchev–Trinajstić information content (AvgIpc) is 3.52. The fourth-order valence-corrected chi connectivity index (χ4v) is 5.02. The zero-order valence-corrected chi connectivity index (χ0v) is 24.4. The lowest BCUT2D eigenvalue weighted by Crippen LogP contribution is -2.32. The molecule has 0 saturated heterocycles. The number of aryl methyl sites for hydroxylation is 2. The third kappa shape index (κ3) is 5.85. The van der Waals surface area contributed by atoms with Gasteiger partial charge in [0.05, 0.1) is 23.2 Å². The van der Waals surface area contributed by atoms with Crippen molar-refractivity contribution < 1.29 is 18.0 Å². The van der Waals surface area contributed by atoms with Gasteiger partial charge in [-0.1, -0.05) is 54.8 Å². The minimum absolute atomic E-state index is 0.0251. The molecule has 0 spiro atoms. The monoisotopic (exact) mass is 612 g/mol. The summed E-state index contributed by atoms with van der Waals surface area (Å²) < 4.78 is 44.4. The van der Waals surface area contributed by atoms with Crippen LogP contribution in [0.5, 0.6) is 0 Å². The van der Waals surface area contributed by atoms with Crippen LogP contribution >= 0.6 is 0 Å². The van der Waals surface area contributed by atoms with Crippen LogP contribution in [0.2, 0.25) is 0 Å². The number of hydrogen-bond donors (Lipinski definition) is 2. The Morgan fingerprint density at radius 1 is 1.09 bits per heavy atom. The van der Waals surface area contributed by atoms with Crippen molar-refractivity contribution in [2.45, 2.75) is 19.1 Å². The molecule has 3 N–H and O–H groups in total. The summed E-state index contributed by atoms with van der Waals surface area (Å²) >= 11 is 0. The summed E-state index contributed by atoms with van der Waals surface area (Å²) in [6.07, 6.45) is -0.769. The fraction of sp³-hybridized carbons (Fsp3) is 0.156. The number of amides is 1. The van der Waals surface area contributed by atoms with E-state index in [4.69, 9.17) is 5.73 Å². The predicted molar refractivity (Wildman–Crippen MR) is 166 cm³/mol. The van der Waals surface area contributed by atoms with Crippen LogP contribution in [0, 0.1) is 11.8 Å². The van der Waals surface area contributed by atoms with Crippen molar-refractivity contribution in [2.75, 3.05) is 5.73 Å². The van der Waals surface area contributed by atoms with E-state index < -0.39 is 29.4 Å². The van der Waals surface area contributed by atoms with Crippen LogP contribution in [0.1, 0.15) is 45.8 Å². The Hall–Kier alpha value is -5.90. The van der Waals surface area contributed by atoms with Gasteiger partial charge in [0.1, 0.15) is 5.56 Å². The molecule has 5 rings (SSSR count). The highest BCUT2D eigenvalue weighted by Gasteiger charge is 2.37. The summed E-state index contributed by atoms with van der Waals surface area (Å²) in [6.45, 7) is 5.30. The molecule has 2 aromatic carbocycles. The highest BCUT2D eigenvalue weighted by molar-refractivity contribution is 6.03. The molecule has 228 valence electrons. The van der Waals surface area contributed by atoms with E-state index in [9.17, 15) is 22.8 Å². The molecule has 0 bridgehead atoms. The number of para-hydroxylation sites is 1. The molecular formula is C32H27F3N8O2. The fourth-order valence-electron chi connectivity index (χ4n) is 5.02. The first kappa shape index (κ1) is 30.6. The summed E-state index contributed by atoms with van der Waals surface area (Å²) in [6, 6.07) is 14.7. The van der Waals surface area contributed by atoms with Crippen LogP contribution < -0.4 is 16.6 Å². The summed E-state index contributed by atoms with van der Waals surface area (Å²) in [4.78, 5) is 31.9. The van der Waals surface area contributed by atoms with Gasteiger partial charge in [-0.15, -0.1) is 0 Å². The second-order valence-electron chi connectivity index (χ2n) is 10.0. The molecule has 5 aromatic rings. The number of fused-ring (bicyclic) bond motifs is 1. The summed E-state index contributed by atoms with van der Waals surface area (Å²) in [7, 11) is 2.78. The molecule has 1 amide bonds. The second kappa shape index (κ2) is 12.0. The van der Waals surface area contributed by atoms with Gasteiger partial charge in [-0.05, 0) is 36.6 Å². The van der Waals surface area contributed by atoms with Crippen molar-refractivity contribution in [3.8, 4) is 17.5 Å². The number of nitrogens with two attached hydrogens (primary N) is 1. The normalized spacial score (nSPS) is 12.2. The molecule has 3 aromatic heterocycles. The largest absolute Gasteiger partial charge is 0.434 e. The van der Waals surface area contributed by atoms with Crippen LogP contribution in [-0.4, -0.2) is 36.2 Å². The minimum atomic E-state index is -4.66. The van der Waals surface area contributed by atoms with Gasteiger partial charge < -0.3 is 11.1 Å². The Balaban J connectivity index is 1.64. The lowest BCUT2D eigenvalue weighted by molar-refractivity contribution is -0.143. The number of nitrogen functional groups attached to an aromatic ring is 1. The van der Waals surface area contributed by atoms with E-state index in [1.165, 1.54) is 28.6 Å². The first-order valence-electron chi connectivity index (χ1n) is 13.6. The van der Waals surface area contributed by atoms with E-state index in [0.29, 0.717) is 21.4 Å². The quantitative estimate of drug-likeness (QED) is 0.210. The van der Waals surface area contributed by atoms with Crippen LogP contribution in [-0.2, 0) is 20.3 Å². The number of rotatable bonds is 6. The number of nitrogens with one attached hydrogen (secondary N) is 1. The van der Waals surface area contributed by atoms with Crippen molar-refractivity contribution in [3.63, 3.8) is 0 Å². The minimum Gasteiger partial charge on any atom is -0.381 e. The number of hydrogen-bond acceptors (Lipinski definition) is 6. The van der Waals surface area contributed by atoms with Crippen molar-refractivity contribution in [3.05, 3.63) is 112 Å². The first-order chi connectivity index (χ1) is 21.4. The molecule has 1 unspecified atom stereocenters. The number of nitrogens with zero attached hydrogens (tertiary/aromatic N) is 6.